The molecular weight excluding hydrogens is 228 g/mol. The van der Waals surface area contributed by atoms with Gasteiger partial charge in [-0.2, -0.15) is 0 Å². The summed E-state index contributed by atoms with van der Waals surface area (Å²) in [7, 11) is 0. The van der Waals surface area contributed by atoms with Crippen LogP contribution in [0.15, 0.2) is 60.7 Å². The molecule has 0 bridgehead atoms. The van der Waals surface area contributed by atoms with Crippen molar-refractivity contribution in [3.8, 4) is 0 Å². The van der Waals surface area contributed by atoms with E-state index in [0.717, 1.165) is 11.1 Å². The van der Waals surface area contributed by atoms with E-state index in [9.17, 15) is 0 Å². The van der Waals surface area contributed by atoms with Crippen molar-refractivity contribution in [3.63, 3.8) is 0 Å². The van der Waals surface area contributed by atoms with Gasteiger partial charge >= 0.3 is 0 Å². The number of hydrazine groups is 1. The standard InChI is InChI=1S/C14H12N2O2/c1-3-7-12(8-4-1)14(13-9-5-2-6-10-13)16(18-14)15-11-17-15/h1-10H,11H2. The first-order chi connectivity index (χ1) is 8.91. The maximum Gasteiger partial charge on any atom is 0.234 e. The topological polar surface area (TPSA) is 31.1 Å². The van der Waals surface area contributed by atoms with Gasteiger partial charge in [0.15, 0.2) is 6.73 Å². The second-order valence-electron chi connectivity index (χ2n) is 4.35. The van der Waals surface area contributed by atoms with Gasteiger partial charge in [-0.15, -0.1) is 0 Å². The molecule has 4 nitrogen and oxygen atoms in total. The summed E-state index contributed by atoms with van der Waals surface area (Å²) in [6, 6.07) is 20.3. The van der Waals surface area contributed by atoms with Crippen LogP contribution in [-0.2, 0) is 15.4 Å². The molecular formula is C14H12N2O2. The number of benzene rings is 2. The summed E-state index contributed by atoms with van der Waals surface area (Å²) in [6.07, 6.45) is 0. The molecule has 0 saturated carbocycles. The Bertz CT molecular complexity index is 515. The van der Waals surface area contributed by atoms with E-state index in [1.807, 2.05) is 36.4 Å². The molecule has 18 heavy (non-hydrogen) atoms. The van der Waals surface area contributed by atoms with Crippen LogP contribution in [0.25, 0.3) is 0 Å². The number of rotatable bonds is 3. The Balaban J connectivity index is 1.81. The minimum absolute atomic E-state index is 0.529. The number of hydrogen-bond donors (Lipinski definition) is 0. The second kappa shape index (κ2) is 3.63. The highest BCUT2D eigenvalue weighted by Gasteiger charge is 2.64. The fourth-order valence-corrected chi connectivity index (χ4v) is 2.26. The van der Waals surface area contributed by atoms with Crippen molar-refractivity contribution in [2.45, 2.75) is 5.72 Å². The van der Waals surface area contributed by atoms with Crippen LogP contribution in [0.4, 0.5) is 0 Å². The van der Waals surface area contributed by atoms with Gasteiger partial charge in [-0.3, -0.25) is 4.84 Å². The maximum atomic E-state index is 5.83. The first-order valence-electron chi connectivity index (χ1n) is 5.92. The third-order valence-electron chi connectivity index (χ3n) is 3.23. The number of nitrogens with zero attached hydrogens (tertiary/aromatic N) is 2. The molecule has 2 aromatic carbocycles. The van der Waals surface area contributed by atoms with Crippen LogP contribution < -0.4 is 0 Å². The van der Waals surface area contributed by atoms with E-state index in [1.165, 1.54) is 0 Å². The minimum atomic E-state index is -0.529. The lowest BCUT2D eigenvalue weighted by Crippen LogP contribution is -2.21. The summed E-state index contributed by atoms with van der Waals surface area (Å²) < 4.78 is 0. The van der Waals surface area contributed by atoms with E-state index in [-0.39, 0.29) is 0 Å². The quantitative estimate of drug-likeness (QED) is 0.770. The van der Waals surface area contributed by atoms with Gasteiger partial charge in [0.1, 0.15) is 0 Å². The van der Waals surface area contributed by atoms with Crippen molar-refractivity contribution in [2.75, 3.05) is 6.73 Å². The van der Waals surface area contributed by atoms with Gasteiger partial charge < -0.3 is 0 Å². The van der Waals surface area contributed by atoms with Crippen molar-refractivity contribution in [1.82, 2.24) is 10.3 Å². The molecule has 2 saturated heterocycles. The Kier molecular flexibility index (Phi) is 2.06. The highest BCUT2D eigenvalue weighted by molar-refractivity contribution is 5.38. The van der Waals surface area contributed by atoms with E-state index in [1.54, 1.807) is 10.3 Å². The molecule has 4 heteroatoms. The molecule has 2 atom stereocenters. The maximum absolute atomic E-state index is 5.83. The Morgan fingerprint density at radius 2 is 1.33 bits per heavy atom. The average molecular weight is 240 g/mol. The van der Waals surface area contributed by atoms with E-state index >= 15 is 0 Å². The Morgan fingerprint density at radius 3 is 1.78 bits per heavy atom. The molecule has 0 aliphatic carbocycles. The molecule has 0 N–H and O–H groups in total. The highest BCUT2D eigenvalue weighted by Crippen LogP contribution is 2.52. The van der Waals surface area contributed by atoms with Crippen LogP contribution in [0.5, 0.6) is 0 Å². The van der Waals surface area contributed by atoms with Crippen LogP contribution >= 0.6 is 0 Å². The molecule has 0 amide bonds. The van der Waals surface area contributed by atoms with Crippen LogP contribution in [0.1, 0.15) is 11.1 Å². The fraction of sp³-hybridized carbons (Fsp3) is 0.143. The third-order valence-corrected chi connectivity index (χ3v) is 3.23. The first-order valence-corrected chi connectivity index (χ1v) is 5.92. The Labute approximate surface area is 105 Å². The third kappa shape index (κ3) is 1.41. The van der Waals surface area contributed by atoms with Gasteiger partial charge in [0, 0.05) is 11.1 Å². The molecule has 2 unspecified atom stereocenters. The molecule has 90 valence electrons. The van der Waals surface area contributed by atoms with Crippen LogP contribution in [0.3, 0.4) is 0 Å². The van der Waals surface area contributed by atoms with E-state index in [2.05, 4.69) is 24.3 Å². The summed E-state index contributed by atoms with van der Waals surface area (Å²) in [4.78, 5) is 11.0. The van der Waals surface area contributed by atoms with E-state index in [4.69, 9.17) is 9.68 Å². The Morgan fingerprint density at radius 1 is 0.833 bits per heavy atom. The summed E-state index contributed by atoms with van der Waals surface area (Å²) in [5.74, 6) is 0. The van der Waals surface area contributed by atoms with Gasteiger partial charge in [-0.1, -0.05) is 65.8 Å². The molecule has 0 radical (unpaired) electrons. The molecule has 2 heterocycles. The molecule has 4 rings (SSSR count). The largest absolute Gasteiger partial charge is 0.260 e. The van der Waals surface area contributed by atoms with Gasteiger partial charge in [-0.25, -0.2) is 4.84 Å². The molecule has 2 aromatic rings. The summed E-state index contributed by atoms with van der Waals surface area (Å²) in [5.41, 5.74) is 1.68. The summed E-state index contributed by atoms with van der Waals surface area (Å²) in [6.45, 7) is 0.585. The van der Waals surface area contributed by atoms with E-state index in [0.29, 0.717) is 6.73 Å². The molecule has 0 spiro atoms. The van der Waals surface area contributed by atoms with Crippen molar-refractivity contribution in [3.05, 3.63) is 71.8 Å². The van der Waals surface area contributed by atoms with Crippen molar-refractivity contribution in [2.24, 2.45) is 0 Å². The average Bonchev–Trinajstić information content (AvgIpc) is 3.33. The lowest BCUT2D eigenvalue weighted by atomic mass is 9.97. The zero-order valence-corrected chi connectivity index (χ0v) is 9.69. The lowest BCUT2D eigenvalue weighted by molar-refractivity contribution is -0.0507. The lowest BCUT2D eigenvalue weighted by Gasteiger charge is -2.12. The zero-order valence-electron chi connectivity index (χ0n) is 9.69. The second-order valence-corrected chi connectivity index (χ2v) is 4.35. The SMILES string of the molecule is c1ccc(C2(c3ccccc3)ON2N2CO2)cc1. The normalized spacial score (nSPS) is 27.8. The smallest absolute Gasteiger partial charge is 0.234 e. The molecule has 2 aliphatic heterocycles. The van der Waals surface area contributed by atoms with Gasteiger partial charge in [0.25, 0.3) is 0 Å². The first kappa shape index (κ1) is 10.2. The van der Waals surface area contributed by atoms with E-state index < -0.39 is 5.72 Å². The summed E-state index contributed by atoms with van der Waals surface area (Å²) in [5, 5.41) is 3.48. The van der Waals surface area contributed by atoms with Gasteiger partial charge in [0.2, 0.25) is 5.72 Å². The number of hydrogen-bond acceptors (Lipinski definition) is 4. The van der Waals surface area contributed by atoms with Crippen molar-refractivity contribution in [1.29, 1.82) is 0 Å². The predicted molar refractivity (Wildman–Crippen MR) is 64.4 cm³/mol. The van der Waals surface area contributed by atoms with Crippen molar-refractivity contribution < 1.29 is 9.68 Å². The monoisotopic (exact) mass is 240 g/mol. The molecule has 0 aromatic heterocycles. The highest BCUT2D eigenvalue weighted by atomic mass is 17.0. The van der Waals surface area contributed by atoms with Crippen LogP contribution in [-0.4, -0.2) is 17.1 Å². The fourth-order valence-electron chi connectivity index (χ4n) is 2.26. The van der Waals surface area contributed by atoms with Gasteiger partial charge in [0.05, 0.1) is 0 Å². The zero-order chi connectivity index (χ0) is 12.0. The molecule has 2 fully saturated rings. The summed E-state index contributed by atoms with van der Waals surface area (Å²) >= 11 is 0. The number of hydroxylamine groups is 2. The molecule has 2 aliphatic rings. The predicted octanol–water partition coefficient (Wildman–Crippen LogP) is 2.25. The minimum Gasteiger partial charge on any atom is -0.260 e. The van der Waals surface area contributed by atoms with Crippen molar-refractivity contribution >= 4 is 0 Å². The van der Waals surface area contributed by atoms with Gasteiger partial charge in [-0.05, 0) is 5.17 Å². The van der Waals surface area contributed by atoms with Crippen LogP contribution in [0.2, 0.25) is 0 Å². The Hall–Kier alpha value is -1.72. The van der Waals surface area contributed by atoms with Crippen LogP contribution in [0, 0.1) is 0 Å².